The van der Waals surface area contributed by atoms with E-state index >= 15 is 0 Å². The van der Waals surface area contributed by atoms with Crippen molar-refractivity contribution in [2.75, 3.05) is 5.32 Å². The second-order valence-corrected chi connectivity index (χ2v) is 6.44. The Morgan fingerprint density at radius 3 is 2.67 bits per heavy atom. The van der Waals surface area contributed by atoms with E-state index < -0.39 is 11.7 Å². The van der Waals surface area contributed by atoms with Crippen molar-refractivity contribution >= 4 is 44.9 Å². The zero-order chi connectivity index (χ0) is 17.7. The van der Waals surface area contributed by atoms with E-state index in [0.717, 1.165) is 23.2 Å². The normalized spacial score (nSPS) is 10.2. The predicted molar refractivity (Wildman–Crippen MR) is 101 cm³/mol. The number of amides is 1. The molecule has 1 amide bonds. The summed E-state index contributed by atoms with van der Waals surface area (Å²) in [7, 11) is 0. The van der Waals surface area contributed by atoms with Gasteiger partial charge in [0.25, 0.3) is 5.91 Å². The highest BCUT2D eigenvalue weighted by atomic mass is 79.9. The van der Waals surface area contributed by atoms with Crippen LogP contribution in [0.2, 0.25) is 0 Å². The van der Waals surface area contributed by atoms with Gasteiger partial charge in [-0.25, -0.2) is 4.39 Å². The van der Waals surface area contributed by atoms with Crippen molar-refractivity contribution in [3.63, 3.8) is 0 Å². The molecule has 0 atom stereocenters. The van der Waals surface area contributed by atoms with Crippen LogP contribution in [0.3, 0.4) is 0 Å². The molecule has 2 aromatic rings. The molecule has 0 bridgehead atoms. The van der Waals surface area contributed by atoms with Crippen molar-refractivity contribution < 1.29 is 9.18 Å². The lowest BCUT2D eigenvalue weighted by Gasteiger charge is -2.16. The molecule has 24 heavy (non-hydrogen) atoms. The highest BCUT2D eigenvalue weighted by Gasteiger charge is 2.12. The van der Waals surface area contributed by atoms with Crippen LogP contribution in [0, 0.1) is 12.7 Å². The van der Waals surface area contributed by atoms with E-state index in [4.69, 9.17) is 12.2 Å². The highest BCUT2D eigenvalue weighted by molar-refractivity contribution is 9.10. The lowest BCUT2D eigenvalue weighted by Crippen LogP contribution is -2.44. The molecule has 0 saturated carbocycles. The number of benzene rings is 2. The number of para-hydroxylation sites is 1. The molecule has 3 N–H and O–H groups in total. The predicted octanol–water partition coefficient (Wildman–Crippen LogP) is 4.09. The zero-order valence-corrected chi connectivity index (χ0v) is 15.6. The van der Waals surface area contributed by atoms with Crippen LogP contribution in [0.1, 0.15) is 28.4 Å². The molecule has 4 nitrogen and oxygen atoms in total. The van der Waals surface area contributed by atoms with Gasteiger partial charge in [-0.3, -0.25) is 15.6 Å². The van der Waals surface area contributed by atoms with Crippen LogP contribution < -0.4 is 16.2 Å². The zero-order valence-electron chi connectivity index (χ0n) is 13.2. The van der Waals surface area contributed by atoms with Gasteiger partial charge in [0, 0.05) is 10.2 Å². The summed E-state index contributed by atoms with van der Waals surface area (Å²) in [5.74, 6) is -1.22. The summed E-state index contributed by atoms with van der Waals surface area (Å²) < 4.78 is 14.3. The fraction of sp³-hybridized carbons (Fsp3) is 0.176. The van der Waals surface area contributed by atoms with E-state index in [-0.39, 0.29) is 10.7 Å². The fourth-order valence-corrected chi connectivity index (χ4v) is 2.69. The third kappa shape index (κ3) is 4.52. The molecule has 0 spiro atoms. The fourth-order valence-electron chi connectivity index (χ4n) is 2.20. The molecule has 0 aliphatic rings. The molecule has 0 aliphatic carbocycles. The van der Waals surface area contributed by atoms with Crippen molar-refractivity contribution in [1.29, 1.82) is 0 Å². The maximum Gasteiger partial charge on any atom is 0.272 e. The summed E-state index contributed by atoms with van der Waals surface area (Å²) >= 11 is 8.33. The topological polar surface area (TPSA) is 53.2 Å². The average Bonchev–Trinajstić information content (AvgIpc) is 2.54. The molecule has 0 fully saturated rings. The average molecular weight is 410 g/mol. The number of halogens is 2. The van der Waals surface area contributed by atoms with Gasteiger partial charge in [0.2, 0.25) is 0 Å². The van der Waals surface area contributed by atoms with Gasteiger partial charge in [-0.05, 0) is 54.9 Å². The van der Waals surface area contributed by atoms with Crippen LogP contribution in [0.25, 0.3) is 0 Å². The van der Waals surface area contributed by atoms with Gasteiger partial charge in [-0.1, -0.05) is 41.1 Å². The lowest BCUT2D eigenvalue weighted by atomic mass is 10.1. The number of carbonyl (C=O) groups excluding carboxylic acids is 1. The third-order valence-electron chi connectivity index (χ3n) is 3.44. The Morgan fingerprint density at radius 1 is 1.25 bits per heavy atom. The lowest BCUT2D eigenvalue weighted by molar-refractivity contribution is 0.0940. The van der Waals surface area contributed by atoms with Gasteiger partial charge < -0.3 is 5.32 Å². The Morgan fingerprint density at radius 2 is 2.00 bits per heavy atom. The van der Waals surface area contributed by atoms with Gasteiger partial charge in [0.15, 0.2) is 5.11 Å². The monoisotopic (exact) mass is 409 g/mol. The van der Waals surface area contributed by atoms with E-state index in [9.17, 15) is 9.18 Å². The number of aryl methyl sites for hydroxylation is 2. The third-order valence-corrected chi connectivity index (χ3v) is 4.14. The second-order valence-electron chi connectivity index (χ2n) is 5.12. The van der Waals surface area contributed by atoms with E-state index in [0.29, 0.717) is 4.47 Å². The maximum absolute atomic E-state index is 13.8. The Balaban J connectivity index is 2.00. The van der Waals surface area contributed by atoms with E-state index in [2.05, 4.69) is 39.0 Å². The molecule has 126 valence electrons. The van der Waals surface area contributed by atoms with Crippen LogP contribution in [-0.4, -0.2) is 11.0 Å². The number of hydrogen-bond donors (Lipinski definition) is 3. The largest absolute Gasteiger partial charge is 0.331 e. The summed E-state index contributed by atoms with van der Waals surface area (Å²) in [6, 6.07) is 10.2. The van der Waals surface area contributed by atoms with Gasteiger partial charge in [0.1, 0.15) is 5.82 Å². The Hall–Kier alpha value is -1.99. The molecule has 2 rings (SSSR count). The molecule has 7 heteroatoms. The van der Waals surface area contributed by atoms with Gasteiger partial charge in [-0.15, -0.1) is 0 Å². The first kappa shape index (κ1) is 18.4. The van der Waals surface area contributed by atoms with Crippen molar-refractivity contribution in [1.82, 2.24) is 10.9 Å². The summed E-state index contributed by atoms with van der Waals surface area (Å²) in [6.45, 7) is 4.02. The van der Waals surface area contributed by atoms with Crippen LogP contribution >= 0.6 is 28.1 Å². The molecule has 0 saturated heterocycles. The van der Waals surface area contributed by atoms with E-state index in [1.54, 1.807) is 6.07 Å². The van der Waals surface area contributed by atoms with Crippen LogP contribution in [0.15, 0.2) is 40.9 Å². The van der Waals surface area contributed by atoms with E-state index in [1.807, 2.05) is 25.1 Å². The van der Waals surface area contributed by atoms with Gasteiger partial charge >= 0.3 is 0 Å². The first-order valence-corrected chi connectivity index (χ1v) is 8.53. The number of hydrogen-bond acceptors (Lipinski definition) is 2. The first-order chi connectivity index (χ1) is 11.4. The van der Waals surface area contributed by atoms with Crippen molar-refractivity contribution in [3.05, 3.63) is 63.4 Å². The number of thiocarbonyl (C=S) groups is 1. The molecule has 2 aromatic carbocycles. The Labute approximate surface area is 153 Å². The van der Waals surface area contributed by atoms with Crippen molar-refractivity contribution in [2.24, 2.45) is 0 Å². The maximum atomic E-state index is 13.8. The summed E-state index contributed by atoms with van der Waals surface area (Å²) in [5.41, 5.74) is 7.97. The van der Waals surface area contributed by atoms with Crippen molar-refractivity contribution in [2.45, 2.75) is 20.3 Å². The molecular formula is C17H17BrFN3OS. The Kier molecular flexibility index (Phi) is 6.28. The van der Waals surface area contributed by atoms with Gasteiger partial charge in [0.05, 0.1) is 5.56 Å². The Bertz CT molecular complexity index is 782. The molecule has 0 unspecified atom stereocenters. The number of rotatable bonds is 3. The smallest absolute Gasteiger partial charge is 0.272 e. The van der Waals surface area contributed by atoms with Crippen molar-refractivity contribution in [3.8, 4) is 0 Å². The second kappa shape index (κ2) is 8.21. The van der Waals surface area contributed by atoms with Crippen LogP contribution in [-0.2, 0) is 6.42 Å². The summed E-state index contributed by atoms with van der Waals surface area (Å²) in [6.07, 6.45) is 0.850. The molecule has 0 radical (unpaired) electrons. The van der Waals surface area contributed by atoms with Gasteiger partial charge in [-0.2, -0.15) is 0 Å². The number of nitrogens with one attached hydrogen (secondary N) is 3. The molecule has 0 heterocycles. The van der Waals surface area contributed by atoms with E-state index in [1.165, 1.54) is 12.1 Å². The highest BCUT2D eigenvalue weighted by Crippen LogP contribution is 2.20. The molecule has 0 aliphatic heterocycles. The molecular weight excluding hydrogens is 393 g/mol. The molecule has 0 aromatic heterocycles. The minimum atomic E-state index is -0.616. The standard InChI is InChI=1S/C17H17BrFN3OS/c1-3-11-6-4-5-10(2)15(11)20-17(24)22-21-16(23)13-8-7-12(18)9-14(13)19/h4-9H,3H2,1-2H3,(H,21,23)(H2,20,22,24). The summed E-state index contributed by atoms with van der Waals surface area (Å²) in [5, 5.41) is 3.29. The minimum Gasteiger partial charge on any atom is -0.331 e. The van der Waals surface area contributed by atoms with Crippen LogP contribution in [0.5, 0.6) is 0 Å². The SMILES string of the molecule is CCc1cccc(C)c1NC(=S)NNC(=O)c1ccc(Br)cc1F. The quantitative estimate of drug-likeness (QED) is 0.527. The summed E-state index contributed by atoms with van der Waals surface area (Å²) in [4.78, 5) is 12.0. The number of anilines is 1. The first-order valence-electron chi connectivity index (χ1n) is 7.33. The minimum absolute atomic E-state index is 0.0707. The number of carbonyl (C=O) groups is 1. The number of hydrazine groups is 1. The van der Waals surface area contributed by atoms with Crippen LogP contribution in [0.4, 0.5) is 10.1 Å².